The third-order valence-electron chi connectivity index (χ3n) is 3.66. The van der Waals surface area contributed by atoms with Crippen molar-refractivity contribution in [1.82, 2.24) is 5.32 Å². The number of amides is 3. The number of fused-ring (bicyclic) bond motifs is 1. The second-order valence-electron chi connectivity index (χ2n) is 5.77. The van der Waals surface area contributed by atoms with Gasteiger partial charge in [-0.2, -0.15) is 0 Å². The van der Waals surface area contributed by atoms with Crippen LogP contribution in [0.1, 0.15) is 25.6 Å². The van der Waals surface area contributed by atoms with Gasteiger partial charge in [0.1, 0.15) is 11.3 Å². The van der Waals surface area contributed by atoms with Crippen LogP contribution in [0.5, 0.6) is 0 Å². The normalized spacial score (nSPS) is 11.8. The molecule has 0 radical (unpaired) electrons. The summed E-state index contributed by atoms with van der Waals surface area (Å²) < 4.78 is 5.75. The van der Waals surface area contributed by atoms with Crippen molar-refractivity contribution in [2.45, 2.75) is 19.9 Å². The molecule has 2 aromatic carbocycles. The van der Waals surface area contributed by atoms with E-state index < -0.39 is 0 Å². The lowest BCUT2D eigenvalue weighted by atomic mass is 10.2. The molecule has 0 aliphatic rings. The van der Waals surface area contributed by atoms with Crippen LogP contribution in [-0.4, -0.2) is 11.9 Å². The van der Waals surface area contributed by atoms with Gasteiger partial charge < -0.3 is 20.4 Å². The van der Waals surface area contributed by atoms with E-state index in [2.05, 4.69) is 16.0 Å². The zero-order chi connectivity index (χ0) is 17.8. The van der Waals surface area contributed by atoms with Crippen LogP contribution in [0.3, 0.4) is 0 Å². The fourth-order valence-electron chi connectivity index (χ4n) is 2.53. The molecule has 0 aliphatic carbocycles. The van der Waals surface area contributed by atoms with Gasteiger partial charge in [-0.25, -0.2) is 4.79 Å². The first-order chi connectivity index (χ1) is 12.0. The van der Waals surface area contributed by atoms with Crippen molar-refractivity contribution < 1.29 is 14.0 Å². The molecule has 3 aromatic rings. The minimum atomic E-state index is -0.354. The molecule has 0 spiro atoms. The molecule has 6 heteroatoms. The highest BCUT2D eigenvalue weighted by atomic mass is 16.3. The Balaban J connectivity index is 1.64. The van der Waals surface area contributed by atoms with E-state index in [0.717, 1.165) is 11.0 Å². The maximum absolute atomic E-state index is 12.2. The van der Waals surface area contributed by atoms with Crippen LogP contribution >= 0.6 is 0 Å². The van der Waals surface area contributed by atoms with Gasteiger partial charge in [0, 0.05) is 23.7 Å². The molecule has 0 saturated heterocycles. The number of rotatable bonds is 4. The molecule has 0 aliphatic heterocycles. The Morgan fingerprint density at radius 3 is 2.40 bits per heavy atom. The van der Waals surface area contributed by atoms with Gasteiger partial charge >= 0.3 is 6.03 Å². The summed E-state index contributed by atoms with van der Waals surface area (Å²) in [7, 11) is 0. The highest BCUT2D eigenvalue weighted by molar-refractivity contribution is 5.92. The fraction of sp³-hybridized carbons (Fsp3) is 0.158. The Kier molecular flexibility index (Phi) is 4.70. The number of para-hydroxylation sites is 1. The lowest BCUT2D eigenvalue weighted by Gasteiger charge is -2.13. The molecule has 25 heavy (non-hydrogen) atoms. The molecular weight excluding hydrogens is 318 g/mol. The van der Waals surface area contributed by atoms with Gasteiger partial charge in [-0.15, -0.1) is 0 Å². The summed E-state index contributed by atoms with van der Waals surface area (Å²) in [5.41, 5.74) is 1.99. The van der Waals surface area contributed by atoms with Crippen molar-refractivity contribution in [3.05, 3.63) is 60.4 Å². The van der Waals surface area contributed by atoms with E-state index in [1.807, 2.05) is 37.3 Å². The minimum absolute atomic E-state index is 0.167. The largest absolute Gasteiger partial charge is 0.459 e. The number of carbonyl (C=O) groups excluding carboxylic acids is 2. The summed E-state index contributed by atoms with van der Waals surface area (Å²) in [5.74, 6) is 0.517. The van der Waals surface area contributed by atoms with Crippen molar-refractivity contribution >= 4 is 34.3 Å². The first kappa shape index (κ1) is 16.6. The van der Waals surface area contributed by atoms with E-state index in [4.69, 9.17) is 4.42 Å². The predicted octanol–water partition coefficient (Wildman–Crippen LogP) is 4.27. The monoisotopic (exact) mass is 337 g/mol. The first-order valence-corrected chi connectivity index (χ1v) is 7.95. The molecule has 0 bridgehead atoms. The number of benzene rings is 2. The minimum Gasteiger partial charge on any atom is -0.459 e. The van der Waals surface area contributed by atoms with E-state index in [9.17, 15) is 9.59 Å². The zero-order valence-corrected chi connectivity index (χ0v) is 14.0. The van der Waals surface area contributed by atoms with Crippen molar-refractivity contribution in [3.63, 3.8) is 0 Å². The summed E-state index contributed by atoms with van der Waals surface area (Å²) in [5, 5.41) is 9.25. The van der Waals surface area contributed by atoms with Gasteiger partial charge in [0.25, 0.3) is 0 Å². The zero-order valence-electron chi connectivity index (χ0n) is 14.0. The van der Waals surface area contributed by atoms with E-state index in [0.29, 0.717) is 17.1 Å². The number of hydrogen-bond acceptors (Lipinski definition) is 3. The summed E-state index contributed by atoms with van der Waals surface area (Å²) in [6, 6.07) is 15.9. The summed E-state index contributed by atoms with van der Waals surface area (Å²) >= 11 is 0. The van der Waals surface area contributed by atoms with E-state index in [1.54, 1.807) is 24.3 Å². The summed E-state index contributed by atoms with van der Waals surface area (Å²) in [6.45, 7) is 3.28. The van der Waals surface area contributed by atoms with Crippen LogP contribution in [0, 0.1) is 0 Å². The number of carbonyl (C=O) groups is 2. The summed E-state index contributed by atoms with van der Waals surface area (Å²) in [4.78, 5) is 23.3. The Morgan fingerprint density at radius 2 is 1.68 bits per heavy atom. The van der Waals surface area contributed by atoms with Crippen LogP contribution in [-0.2, 0) is 4.79 Å². The van der Waals surface area contributed by atoms with Gasteiger partial charge in [0.2, 0.25) is 5.91 Å². The predicted molar refractivity (Wildman–Crippen MR) is 97.5 cm³/mol. The van der Waals surface area contributed by atoms with Gasteiger partial charge in [0.15, 0.2) is 0 Å². The first-order valence-electron chi connectivity index (χ1n) is 7.95. The topological polar surface area (TPSA) is 83.4 Å². The smallest absolute Gasteiger partial charge is 0.319 e. The van der Waals surface area contributed by atoms with Crippen LogP contribution in [0.4, 0.5) is 16.2 Å². The third kappa shape index (κ3) is 4.17. The number of nitrogens with one attached hydrogen (secondary N) is 3. The molecule has 3 rings (SSSR count). The highest BCUT2D eigenvalue weighted by Gasteiger charge is 2.14. The quantitative estimate of drug-likeness (QED) is 0.664. The molecule has 0 saturated carbocycles. The van der Waals surface area contributed by atoms with Crippen molar-refractivity contribution in [3.8, 4) is 0 Å². The Bertz CT molecular complexity index is 884. The average Bonchev–Trinajstić information content (AvgIpc) is 2.98. The molecule has 3 amide bonds. The molecule has 0 fully saturated rings. The van der Waals surface area contributed by atoms with Crippen LogP contribution in [0.2, 0.25) is 0 Å². The second kappa shape index (κ2) is 7.09. The molecule has 3 N–H and O–H groups in total. The van der Waals surface area contributed by atoms with Gasteiger partial charge in [-0.1, -0.05) is 24.3 Å². The lowest BCUT2D eigenvalue weighted by Crippen LogP contribution is -2.31. The molecule has 1 heterocycles. The van der Waals surface area contributed by atoms with Gasteiger partial charge in [-0.3, -0.25) is 4.79 Å². The maximum Gasteiger partial charge on any atom is 0.319 e. The van der Waals surface area contributed by atoms with Crippen molar-refractivity contribution in [2.24, 2.45) is 0 Å². The molecule has 1 aromatic heterocycles. The molecular formula is C19H19N3O3. The summed E-state index contributed by atoms with van der Waals surface area (Å²) in [6.07, 6.45) is 0. The Hall–Kier alpha value is -3.28. The van der Waals surface area contributed by atoms with E-state index in [-0.39, 0.29) is 18.0 Å². The SMILES string of the molecule is CC(=O)Nc1cccc(NC(=O)NC(C)c2cc3ccccc3o2)c1. The third-order valence-corrected chi connectivity index (χ3v) is 3.66. The molecule has 1 unspecified atom stereocenters. The Morgan fingerprint density at radius 1 is 0.960 bits per heavy atom. The van der Waals surface area contributed by atoms with Gasteiger partial charge in [-0.05, 0) is 37.3 Å². The Labute approximate surface area is 145 Å². The van der Waals surface area contributed by atoms with Crippen LogP contribution in [0.25, 0.3) is 11.0 Å². The second-order valence-corrected chi connectivity index (χ2v) is 5.77. The number of anilines is 2. The fourth-order valence-corrected chi connectivity index (χ4v) is 2.53. The van der Waals surface area contributed by atoms with Crippen molar-refractivity contribution in [2.75, 3.05) is 10.6 Å². The lowest BCUT2D eigenvalue weighted by molar-refractivity contribution is -0.114. The molecule has 6 nitrogen and oxygen atoms in total. The van der Waals surface area contributed by atoms with Crippen LogP contribution in [0.15, 0.2) is 59.0 Å². The highest BCUT2D eigenvalue weighted by Crippen LogP contribution is 2.23. The molecule has 1 atom stereocenters. The van der Waals surface area contributed by atoms with Gasteiger partial charge in [0.05, 0.1) is 6.04 Å². The van der Waals surface area contributed by atoms with E-state index in [1.165, 1.54) is 6.92 Å². The maximum atomic E-state index is 12.2. The molecule has 128 valence electrons. The standard InChI is InChI=1S/C19H19N3O3/c1-12(18-10-14-6-3-4-9-17(14)25-18)20-19(24)22-16-8-5-7-15(11-16)21-13(2)23/h3-12H,1-2H3,(H,21,23)(H2,20,22,24). The van der Waals surface area contributed by atoms with Crippen molar-refractivity contribution in [1.29, 1.82) is 0 Å². The number of urea groups is 1. The van der Waals surface area contributed by atoms with Crippen LogP contribution < -0.4 is 16.0 Å². The average molecular weight is 337 g/mol. The number of furan rings is 1. The van der Waals surface area contributed by atoms with E-state index >= 15 is 0 Å². The number of hydrogen-bond donors (Lipinski definition) is 3.